The Morgan fingerprint density at radius 1 is 1.31 bits per heavy atom. The van der Waals surface area contributed by atoms with Crippen molar-refractivity contribution in [3.63, 3.8) is 0 Å². The zero-order valence-electron chi connectivity index (χ0n) is 8.23. The summed E-state index contributed by atoms with van der Waals surface area (Å²) in [4.78, 5) is 8.19. The maximum Gasteiger partial charge on any atom is 0.233 e. The topological polar surface area (TPSA) is 35.0 Å². The maximum absolute atomic E-state index is 5.57. The van der Waals surface area contributed by atoms with Crippen molar-refractivity contribution in [2.45, 2.75) is 5.33 Å². The molecule has 0 spiro atoms. The molecular weight excluding hydrogens is 336 g/mol. The Morgan fingerprint density at radius 3 is 2.81 bits per heavy atom. The quantitative estimate of drug-likeness (QED) is 0.792. The van der Waals surface area contributed by atoms with Crippen LogP contribution in [0.25, 0.3) is 0 Å². The molecular formula is C11H8Br2N2O. The van der Waals surface area contributed by atoms with Gasteiger partial charge in [-0.1, -0.05) is 15.9 Å². The SMILES string of the molecule is BrCc1cnc(Oc2cccnc2)c(Br)c1. The Kier molecular flexibility index (Phi) is 3.90. The predicted molar refractivity (Wildman–Crippen MR) is 68.9 cm³/mol. The summed E-state index contributed by atoms with van der Waals surface area (Å²) in [6.45, 7) is 0. The lowest BCUT2D eigenvalue weighted by atomic mass is 10.3. The molecule has 0 unspecified atom stereocenters. The highest BCUT2D eigenvalue weighted by Crippen LogP contribution is 2.27. The van der Waals surface area contributed by atoms with Crippen LogP contribution in [0.3, 0.4) is 0 Å². The van der Waals surface area contributed by atoms with Gasteiger partial charge in [-0.15, -0.1) is 0 Å². The molecule has 0 bridgehead atoms. The molecule has 2 rings (SSSR count). The van der Waals surface area contributed by atoms with Gasteiger partial charge >= 0.3 is 0 Å². The number of aromatic nitrogens is 2. The fourth-order valence-corrected chi connectivity index (χ4v) is 1.92. The van der Waals surface area contributed by atoms with Gasteiger partial charge in [0.05, 0.1) is 10.7 Å². The van der Waals surface area contributed by atoms with E-state index >= 15 is 0 Å². The standard InChI is InChI=1S/C11H8Br2N2O/c12-5-8-4-10(13)11(15-6-8)16-9-2-1-3-14-7-9/h1-4,6-7H,5H2. The van der Waals surface area contributed by atoms with Gasteiger partial charge < -0.3 is 4.74 Å². The van der Waals surface area contributed by atoms with E-state index in [1.807, 2.05) is 18.2 Å². The third-order valence-electron chi connectivity index (χ3n) is 1.87. The zero-order valence-corrected chi connectivity index (χ0v) is 11.4. The number of alkyl halides is 1. The lowest BCUT2D eigenvalue weighted by Gasteiger charge is -2.06. The van der Waals surface area contributed by atoms with Crippen molar-refractivity contribution in [3.8, 4) is 11.6 Å². The molecule has 0 atom stereocenters. The van der Waals surface area contributed by atoms with Crippen LogP contribution >= 0.6 is 31.9 Å². The van der Waals surface area contributed by atoms with Gasteiger partial charge in [-0.2, -0.15) is 0 Å². The Bertz CT molecular complexity index is 477. The van der Waals surface area contributed by atoms with E-state index in [9.17, 15) is 0 Å². The minimum Gasteiger partial charge on any atom is -0.436 e. The summed E-state index contributed by atoms with van der Waals surface area (Å²) < 4.78 is 6.40. The van der Waals surface area contributed by atoms with Crippen molar-refractivity contribution in [1.82, 2.24) is 9.97 Å². The van der Waals surface area contributed by atoms with Crippen LogP contribution in [0.5, 0.6) is 11.6 Å². The molecule has 0 radical (unpaired) electrons. The number of hydrogen-bond donors (Lipinski definition) is 0. The van der Waals surface area contributed by atoms with Crippen LogP contribution in [0.15, 0.2) is 41.3 Å². The van der Waals surface area contributed by atoms with Gasteiger partial charge in [-0.3, -0.25) is 4.98 Å². The minimum atomic E-state index is 0.540. The second kappa shape index (κ2) is 5.41. The second-order valence-corrected chi connectivity index (χ2v) is 4.47. The number of hydrogen-bond acceptors (Lipinski definition) is 3. The van der Waals surface area contributed by atoms with Gasteiger partial charge in [0.1, 0.15) is 5.75 Å². The molecule has 0 aromatic carbocycles. The Morgan fingerprint density at radius 2 is 2.19 bits per heavy atom. The van der Waals surface area contributed by atoms with Gasteiger partial charge in [-0.25, -0.2) is 4.98 Å². The molecule has 0 amide bonds. The molecule has 0 fully saturated rings. The van der Waals surface area contributed by atoms with Crippen molar-refractivity contribution in [3.05, 3.63) is 46.8 Å². The monoisotopic (exact) mass is 342 g/mol. The lowest BCUT2D eigenvalue weighted by Crippen LogP contribution is -1.91. The van der Waals surface area contributed by atoms with Gasteiger partial charge in [0.25, 0.3) is 0 Å². The molecule has 0 aliphatic heterocycles. The smallest absolute Gasteiger partial charge is 0.233 e. The van der Waals surface area contributed by atoms with Crippen LogP contribution in [0.1, 0.15) is 5.56 Å². The van der Waals surface area contributed by atoms with Crippen molar-refractivity contribution in [1.29, 1.82) is 0 Å². The van der Waals surface area contributed by atoms with Gasteiger partial charge in [0, 0.05) is 17.7 Å². The predicted octanol–water partition coefficient (Wildman–Crippen LogP) is 3.93. The van der Waals surface area contributed by atoms with Crippen LogP contribution in [0, 0.1) is 0 Å². The van der Waals surface area contributed by atoms with E-state index in [-0.39, 0.29) is 0 Å². The number of nitrogens with zero attached hydrogens (tertiary/aromatic N) is 2. The first-order valence-electron chi connectivity index (χ1n) is 4.58. The Balaban J connectivity index is 2.22. The lowest BCUT2D eigenvalue weighted by molar-refractivity contribution is 0.457. The van der Waals surface area contributed by atoms with Gasteiger partial charge in [0.2, 0.25) is 5.88 Å². The largest absolute Gasteiger partial charge is 0.436 e. The molecule has 2 aromatic rings. The molecule has 0 saturated carbocycles. The van der Waals surface area contributed by atoms with Gasteiger partial charge in [0.15, 0.2) is 0 Å². The van der Waals surface area contributed by atoms with Crippen molar-refractivity contribution >= 4 is 31.9 Å². The molecule has 3 nitrogen and oxygen atoms in total. The summed E-state index contributed by atoms with van der Waals surface area (Å²) >= 11 is 6.79. The molecule has 0 N–H and O–H groups in total. The highest BCUT2D eigenvalue weighted by atomic mass is 79.9. The first kappa shape index (κ1) is 11.5. The molecule has 5 heteroatoms. The van der Waals surface area contributed by atoms with Crippen LogP contribution in [-0.2, 0) is 5.33 Å². The van der Waals surface area contributed by atoms with Crippen molar-refractivity contribution in [2.24, 2.45) is 0 Å². The molecule has 2 heterocycles. The van der Waals surface area contributed by atoms with Crippen LogP contribution in [0.2, 0.25) is 0 Å². The molecule has 82 valence electrons. The van der Waals surface area contributed by atoms with Crippen LogP contribution < -0.4 is 4.74 Å². The molecule has 0 aliphatic rings. The Labute approximate surface area is 110 Å². The summed E-state index contributed by atoms with van der Waals surface area (Å²) in [6.07, 6.45) is 5.11. The third-order valence-corrected chi connectivity index (χ3v) is 3.08. The summed E-state index contributed by atoms with van der Waals surface area (Å²) in [5.41, 5.74) is 1.09. The molecule has 2 aromatic heterocycles. The fourth-order valence-electron chi connectivity index (χ4n) is 1.13. The number of rotatable bonds is 3. The van der Waals surface area contributed by atoms with E-state index in [4.69, 9.17) is 4.74 Å². The molecule has 0 aliphatic carbocycles. The first-order valence-corrected chi connectivity index (χ1v) is 6.49. The third kappa shape index (κ3) is 2.80. The summed E-state index contributed by atoms with van der Waals surface area (Å²) in [5, 5.41) is 0.770. The molecule has 16 heavy (non-hydrogen) atoms. The number of halogens is 2. The van der Waals surface area contributed by atoms with E-state index in [1.165, 1.54) is 0 Å². The summed E-state index contributed by atoms with van der Waals surface area (Å²) in [6, 6.07) is 5.61. The van der Waals surface area contributed by atoms with E-state index in [0.717, 1.165) is 15.4 Å². The van der Waals surface area contributed by atoms with Crippen molar-refractivity contribution in [2.75, 3.05) is 0 Å². The van der Waals surface area contributed by atoms with Crippen LogP contribution in [0.4, 0.5) is 0 Å². The highest BCUT2D eigenvalue weighted by molar-refractivity contribution is 9.10. The van der Waals surface area contributed by atoms with Crippen molar-refractivity contribution < 1.29 is 4.74 Å². The normalized spacial score (nSPS) is 10.1. The number of ether oxygens (including phenoxy) is 1. The summed E-state index contributed by atoms with van der Waals surface area (Å²) in [7, 11) is 0. The average molecular weight is 344 g/mol. The van der Waals surface area contributed by atoms with Gasteiger partial charge in [-0.05, 0) is 39.7 Å². The zero-order chi connectivity index (χ0) is 11.4. The first-order chi connectivity index (χ1) is 7.79. The maximum atomic E-state index is 5.57. The van der Waals surface area contributed by atoms with E-state index < -0.39 is 0 Å². The van der Waals surface area contributed by atoms with E-state index in [2.05, 4.69) is 41.8 Å². The number of pyridine rings is 2. The second-order valence-electron chi connectivity index (χ2n) is 3.05. The fraction of sp³-hybridized carbons (Fsp3) is 0.0909. The highest BCUT2D eigenvalue weighted by Gasteiger charge is 2.05. The van der Waals surface area contributed by atoms with Crippen LogP contribution in [-0.4, -0.2) is 9.97 Å². The van der Waals surface area contributed by atoms with E-state index in [0.29, 0.717) is 11.6 Å². The molecule has 0 saturated heterocycles. The average Bonchev–Trinajstić information content (AvgIpc) is 2.33. The van der Waals surface area contributed by atoms with E-state index in [1.54, 1.807) is 18.6 Å². The minimum absolute atomic E-state index is 0.540. The Hall–Kier alpha value is -0.940. The summed E-state index contributed by atoms with van der Waals surface area (Å²) in [5.74, 6) is 1.21.